The number of rotatable bonds is 1. The molecule has 0 unspecified atom stereocenters. The van der Waals surface area contributed by atoms with Crippen molar-refractivity contribution in [2.75, 3.05) is 0 Å². The molecule has 0 amide bonds. The van der Waals surface area contributed by atoms with Gasteiger partial charge in [0.2, 0.25) is 0 Å². The Hall–Kier alpha value is -1.77. The second kappa shape index (κ2) is 2.70. The van der Waals surface area contributed by atoms with Crippen molar-refractivity contribution >= 4 is 0 Å². The maximum Gasteiger partial charge on any atom is 0.144 e. The Balaban J connectivity index is 2.55. The van der Waals surface area contributed by atoms with Crippen LogP contribution in [0.15, 0.2) is 35.1 Å². The Labute approximate surface area is 69.2 Å². The van der Waals surface area contributed by atoms with Crippen LogP contribution in [0, 0.1) is 6.20 Å². The lowest BCUT2D eigenvalue weighted by atomic mass is 10.1. The smallest absolute Gasteiger partial charge is 0.144 e. The Morgan fingerprint density at radius 2 is 2.17 bits per heavy atom. The molecule has 0 atom stereocenters. The van der Waals surface area contributed by atoms with E-state index in [1.165, 1.54) is 6.26 Å². The lowest BCUT2D eigenvalue weighted by Crippen LogP contribution is -1.74. The molecular formula is C9H6NO2. The number of hydrogen-bond donors (Lipinski definition) is 1. The molecule has 1 N–H and O–H groups in total. The van der Waals surface area contributed by atoms with E-state index in [0.717, 1.165) is 0 Å². The third kappa shape index (κ3) is 1.05. The molecule has 3 nitrogen and oxygen atoms in total. The van der Waals surface area contributed by atoms with E-state index in [1.807, 2.05) is 6.07 Å². The second-order valence-electron chi connectivity index (χ2n) is 2.36. The lowest BCUT2D eigenvalue weighted by molar-refractivity contribution is 0.418. The summed E-state index contributed by atoms with van der Waals surface area (Å²) < 4.78 is 4.61. The summed E-state index contributed by atoms with van der Waals surface area (Å²) in [5, 5.41) is 12.8. The van der Waals surface area contributed by atoms with E-state index in [9.17, 15) is 5.11 Å². The van der Waals surface area contributed by atoms with Crippen molar-refractivity contribution in [2.24, 2.45) is 0 Å². The fourth-order valence-corrected chi connectivity index (χ4v) is 1.01. The summed E-state index contributed by atoms with van der Waals surface area (Å²) in [7, 11) is 0. The van der Waals surface area contributed by atoms with Crippen LogP contribution >= 0.6 is 0 Å². The van der Waals surface area contributed by atoms with Gasteiger partial charge >= 0.3 is 0 Å². The number of phenols is 1. The first-order chi connectivity index (χ1) is 5.88. The average molecular weight is 160 g/mol. The average Bonchev–Trinajstić information content (AvgIpc) is 2.57. The monoisotopic (exact) mass is 160 g/mol. The Bertz CT molecular complexity index is 368. The van der Waals surface area contributed by atoms with Gasteiger partial charge in [-0.05, 0) is 6.07 Å². The largest absolute Gasteiger partial charge is 0.507 e. The summed E-state index contributed by atoms with van der Waals surface area (Å²) in [6.45, 7) is 0. The van der Waals surface area contributed by atoms with Gasteiger partial charge in [0.25, 0.3) is 0 Å². The molecule has 1 heterocycles. The fraction of sp³-hybridized carbons (Fsp3) is 0. The van der Waals surface area contributed by atoms with Crippen molar-refractivity contribution in [2.45, 2.75) is 0 Å². The van der Waals surface area contributed by atoms with Crippen molar-refractivity contribution in [3.05, 3.63) is 36.7 Å². The summed E-state index contributed by atoms with van der Waals surface area (Å²) in [5.74, 6) is 0.206. The summed E-state index contributed by atoms with van der Waals surface area (Å²) >= 11 is 0. The molecule has 1 radical (unpaired) electrons. The third-order valence-corrected chi connectivity index (χ3v) is 1.58. The van der Waals surface area contributed by atoms with E-state index in [4.69, 9.17) is 0 Å². The minimum atomic E-state index is 0.206. The minimum Gasteiger partial charge on any atom is -0.507 e. The quantitative estimate of drug-likeness (QED) is 0.692. The number of aromatic hydroxyl groups is 1. The minimum absolute atomic E-state index is 0.206. The highest BCUT2D eigenvalue weighted by atomic mass is 16.5. The van der Waals surface area contributed by atoms with E-state index in [-0.39, 0.29) is 5.75 Å². The van der Waals surface area contributed by atoms with Crippen LogP contribution in [0.4, 0.5) is 0 Å². The van der Waals surface area contributed by atoms with Gasteiger partial charge in [0.15, 0.2) is 0 Å². The number of phenolic OH excluding ortho intramolecular Hbond substituents is 1. The molecule has 0 fully saturated rings. The van der Waals surface area contributed by atoms with Crippen molar-refractivity contribution in [1.29, 1.82) is 0 Å². The Kier molecular flexibility index (Phi) is 1.55. The van der Waals surface area contributed by atoms with Crippen LogP contribution in [0.5, 0.6) is 5.75 Å². The first-order valence-electron chi connectivity index (χ1n) is 3.48. The van der Waals surface area contributed by atoms with Gasteiger partial charge in [-0.2, -0.15) is 0 Å². The zero-order valence-corrected chi connectivity index (χ0v) is 6.19. The summed E-state index contributed by atoms with van der Waals surface area (Å²) in [5.41, 5.74) is 1.34. The van der Waals surface area contributed by atoms with Crippen LogP contribution in [0.3, 0.4) is 0 Å². The number of para-hydroxylation sites is 1. The van der Waals surface area contributed by atoms with Gasteiger partial charge in [-0.3, -0.25) is 0 Å². The predicted molar refractivity (Wildman–Crippen MR) is 42.4 cm³/mol. The number of hydrogen-bond acceptors (Lipinski definition) is 3. The molecule has 59 valence electrons. The van der Waals surface area contributed by atoms with Crippen LogP contribution in [0.25, 0.3) is 11.1 Å². The fourth-order valence-electron chi connectivity index (χ4n) is 1.01. The van der Waals surface area contributed by atoms with E-state index in [1.54, 1.807) is 18.2 Å². The van der Waals surface area contributed by atoms with Gasteiger partial charge in [-0.15, -0.1) is 0 Å². The molecule has 0 saturated carbocycles. The topological polar surface area (TPSA) is 46.3 Å². The van der Waals surface area contributed by atoms with Crippen molar-refractivity contribution in [1.82, 2.24) is 5.16 Å². The first-order valence-corrected chi connectivity index (χ1v) is 3.48. The Morgan fingerprint density at radius 1 is 1.33 bits per heavy atom. The highest BCUT2D eigenvalue weighted by molar-refractivity contribution is 5.67. The maximum atomic E-state index is 9.39. The van der Waals surface area contributed by atoms with Crippen LogP contribution in [0.2, 0.25) is 0 Å². The number of aromatic nitrogens is 1. The van der Waals surface area contributed by atoms with Crippen LogP contribution in [0.1, 0.15) is 0 Å². The van der Waals surface area contributed by atoms with Crippen molar-refractivity contribution in [3.63, 3.8) is 0 Å². The van der Waals surface area contributed by atoms with E-state index >= 15 is 0 Å². The van der Waals surface area contributed by atoms with E-state index in [2.05, 4.69) is 15.9 Å². The van der Waals surface area contributed by atoms with E-state index in [0.29, 0.717) is 11.1 Å². The normalized spacial score (nSPS) is 10.0. The molecule has 0 aliphatic heterocycles. The van der Waals surface area contributed by atoms with Crippen LogP contribution < -0.4 is 0 Å². The standard InChI is InChI=1S/C9H6NO2/c11-9-4-2-1-3-8(9)7-5-10-12-6-7/h1-4,6,11H. The van der Waals surface area contributed by atoms with E-state index < -0.39 is 0 Å². The van der Waals surface area contributed by atoms with Crippen molar-refractivity contribution < 1.29 is 9.63 Å². The molecule has 1 aromatic heterocycles. The van der Waals surface area contributed by atoms with Crippen LogP contribution in [-0.4, -0.2) is 10.3 Å². The molecule has 0 saturated heterocycles. The molecule has 2 aromatic rings. The van der Waals surface area contributed by atoms with Crippen molar-refractivity contribution in [3.8, 4) is 16.9 Å². The highest BCUT2D eigenvalue weighted by Gasteiger charge is 2.04. The summed E-state index contributed by atoms with van der Waals surface area (Å²) in [6, 6.07) is 6.97. The molecule has 0 bridgehead atoms. The SMILES string of the molecule is Oc1ccccc1-c1[c]noc1. The molecule has 2 rings (SSSR count). The molecule has 0 aliphatic carbocycles. The molecule has 3 heteroatoms. The van der Waals surface area contributed by atoms with Gasteiger partial charge < -0.3 is 9.63 Å². The maximum absolute atomic E-state index is 9.39. The molecule has 0 aliphatic rings. The van der Waals surface area contributed by atoms with Gasteiger partial charge in [0.1, 0.15) is 18.2 Å². The molecule has 0 spiro atoms. The Morgan fingerprint density at radius 3 is 2.83 bits per heavy atom. The highest BCUT2D eigenvalue weighted by Crippen LogP contribution is 2.27. The number of benzene rings is 1. The third-order valence-electron chi connectivity index (χ3n) is 1.58. The first kappa shape index (κ1) is 6.91. The van der Waals surface area contributed by atoms with Gasteiger partial charge in [0.05, 0.1) is 5.56 Å². The summed E-state index contributed by atoms with van der Waals surface area (Å²) in [6.07, 6.45) is 4.06. The van der Waals surface area contributed by atoms with Gasteiger partial charge in [0, 0.05) is 5.56 Å². The molecule has 1 aromatic carbocycles. The molecular weight excluding hydrogens is 154 g/mol. The zero-order chi connectivity index (χ0) is 8.39. The van der Waals surface area contributed by atoms with Gasteiger partial charge in [-0.25, -0.2) is 0 Å². The summed E-state index contributed by atoms with van der Waals surface area (Å²) in [4.78, 5) is 0. The second-order valence-corrected chi connectivity index (χ2v) is 2.36. The molecule has 12 heavy (non-hydrogen) atoms. The van der Waals surface area contributed by atoms with Gasteiger partial charge in [-0.1, -0.05) is 23.4 Å². The number of nitrogens with zero attached hydrogens (tertiary/aromatic N) is 1. The zero-order valence-electron chi connectivity index (χ0n) is 6.19. The lowest BCUT2D eigenvalue weighted by Gasteiger charge is -1.97. The predicted octanol–water partition coefficient (Wildman–Crippen LogP) is 1.85. The van der Waals surface area contributed by atoms with Crippen LogP contribution in [-0.2, 0) is 0 Å².